The average Bonchev–Trinajstić information content (AvgIpc) is 3.70. The Balaban J connectivity index is 1.33. The molecular formula is C43H27N. The molecule has 0 bridgehead atoms. The van der Waals surface area contributed by atoms with Crippen LogP contribution in [-0.4, -0.2) is 4.57 Å². The first-order valence-electron chi connectivity index (χ1n) is 15.4. The fraction of sp³-hybridized carbons (Fsp3) is 0.0233. The highest BCUT2D eigenvalue weighted by molar-refractivity contribution is 6.11. The topological polar surface area (TPSA) is 4.93 Å². The highest BCUT2D eigenvalue weighted by atomic mass is 15.0. The molecule has 1 heteroatoms. The molecule has 0 saturated carbocycles. The second-order valence-electron chi connectivity index (χ2n) is 12.0. The van der Waals surface area contributed by atoms with Crippen LogP contribution < -0.4 is 0 Å². The number of hydrogen-bond acceptors (Lipinski definition) is 0. The van der Waals surface area contributed by atoms with Crippen LogP contribution in [0.4, 0.5) is 0 Å². The van der Waals surface area contributed by atoms with E-state index in [2.05, 4.69) is 168 Å². The standard InChI is InChI=1S/C43H27N/c1-2-13-28(14-3-1)29-25-26-40-34(27-29)32-17-7-11-23-39(32)44(40)41-24-12-22-38-42(41)33-18-6-10-21-37(33)43(38)35-19-8-4-15-30(35)31-16-5-9-20-36(31)43/h1-27H. The molecule has 0 fully saturated rings. The highest BCUT2D eigenvalue weighted by Crippen LogP contribution is 2.63. The molecule has 8 aromatic rings. The van der Waals surface area contributed by atoms with E-state index in [9.17, 15) is 0 Å². The van der Waals surface area contributed by atoms with Gasteiger partial charge in [0.05, 0.1) is 22.1 Å². The van der Waals surface area contributed by atoms with Gasteiger partial charge in [-0.25, -0.2) is 0 Å². The summed E-state index contributed by atoms with van der Waals surface area (Å²) in [4.78, 5) is 0. The summed E-state index contributed by atoms with van der Waals surface area (Å²) in [7, 11) is 0. The fourth-order valence-corrected chi connectivity index (χ4v) is 8.35. The van der Waals surface area contributed by atoms with Crippen LogP contribution in [0.3, 0.4) is 0 Å². The van der Waals surface area contributed by atoms with Crippen LogP contribution in [0.2, 0.25) is 0 Å². The maximum absolute atomic E-state index is 2.50. The largest absolute Gasteiger partial charge is 0.309 e. The predicted octanol–water partition coefficient (Wildman–Crippen LogP) is 10.8. The normalized spacial score (nSPS) is 13.6. The van der Waals surface area contributed by atoms with Gasteiger partial charge in [-0.1, -0.05) is 140 Å². The molecule has 2 aliphatic carbocycles. The molecule has 0 radical (unpaired) electrons. The monoisotopic (exact) mass is 557 g/mol. The molecule has 44 heavy (non-hydrogen) atoms. The van der Waals surface area contributed by atoms with E-state index in [1.54, 1.807) is 0 Å². The van der Waals surface area contributed by atoms with Gasteiger partial charge in [0.25, 0.3) is 0 Å². The van der Waals surface area contributed by atoms with Gasteiger partial charge in [0.1, 0.15) is 0 Å². The summed E-state index contributed by atoms with van der Waals surface area (Å²) in [5.41, 5.74) is 16.6. The zero-order valence-corrected chi connectivity index (χ0v) is 24.0. The molecule has 1 spiro atoms. The Labute approximate surface area is 256 Å². The Morgan fingerprint density at radius 3 is 1.68 bits per heavy atom. The van der Waals surface area contributed by atoms with E-state index in [4.69, 9.17) is 0 Å². The van der Waals surface area contributed by atoms with Crippen LogP contribution in [0.1, 0.15) is 22.3 Å². The van der Waals surface area contributed by atoms with Crippen molar-refractivity contribution in [2.45, 2.75) is 5.41 Å². The molecule has 1 nitrogen and oxygen atoms in total. The summed E-state index contributed by atoms with van der Waals surface area (Å²) in [5.74, 6) is 0. The Morgan fingerprint density at radius 2 is 0.932 bits per heavy atom. The Bertz CT molecular complexity index is 2400. The van der Waals surface area contributed by atoms with Crippen molar-refractivity contribution in [3.05, 3.63) is 186 Å². The van der Waals surface area contributed by atoms with Gasteiger partial charge in [0.15, 0.2) is 0 Å². The number of benzene rings is 7. The predicted molar refractivity (Wildman–Crippen MR) is 183 cm³/mol. The highest BCUT2D eigenvalue weighted by Gasteiger charge is 2.52. The lowest BCUT2D eigenvalue weighted by molar-refractivity contribution is 0.793. The maximum Gasteiger partial charge on any atom is 0.0726 e. The van der Waals surface area contributed by atoms with E-state index in [1.807, 2.05) is 0 Å². The van der Waals surface area contributed by atoms with E-state index in [0.717, 1.165) is 0 Å². The molecule has 7 aromatic carbocycles. The Hall–Kier alpha value is -5.66. The van der Waals surface area contributed by atoms with Crippen LogP contribution in [0.5, 0.6) is 0 Å². The lowest BCUT2D eigenvalue weighted by Crippen LogP contribution is -2.25. The van der Waals surface area contributed by atoms with Crippen LogP contribution in [0.15, 0.2) is 164 Å². The van der Waals surface area contributed by atoms with E-state index in [0.29, 0.717) is 0 Å². The third-order valence-electron chi connectivity index (χ3n) is 10.0. The van der Waals surface area contributed by atoms with Gasteiger partial charge in [-0.3, -0.25) is 0 Å². The summed E-state index contributed by atoms with van der Waals surface area (Å²) in [6, 6.07) is 60.6. The molecule has 1 aromatic heterocycles. The van der Waals surface area contributed by atoms with Crippen molar-refractivity contribution in [3.8, 4) is 39.1 Å². The maximum atomic E-state index is 2.50. The minimum absolute atomic E-state index is 0.353. The van der Waals surface area contributed by atoms with Crippen molar-refractivity contribution in [2.24, 2.45) is 0 Å². The van der Waals surface area contributed by atoms with Gasteiger partial charge in [0, 0.05) is 16.3 Å². The van der Waals surface area contributed by atoms with Crippen molar-refractivity contribution < 1.29 is 0 Å². The molecule has 0 N–H and O–H groups in total. The first-order valence-corrected chi connectivity index (χ1v) is 15.4. The Morgan fingerprint density at radius 1 is 0.364 bits per heavy atom. The average molecular weight is 558 g/mol. The first-order chi connectivity index (χ1) is 21.9. The van der Waals surface area contributed by atoms with Gasteiger partial charge in [-0.15, -0.1) is 0 Å². The molecule has 204 valence electrons. The van der Waals surface area contributed by atoms with Crippen molar-refractivity contribution in [1.82, 2.24) is 4.57 Å². The first kappa shape index (κ1) is 23.9. The molecular weight excluding hydrogens is 530 g/mol. The lowest BCUT2D eigenvalue weighted by atomic mass is 9.70. The minimum atomic E-state index is -0.353. The van der Waals surface area contributed by atoms with E-state index >= 15 is 0 Å². The number of aromatic nitrogens is 1. The number of fused-ring (bicyclic) bond motifs is 13. The second kappa shape index (κ2) is 8.69. The van der Waals surface area contributed by atoms with Gasteiger partial charge < -0.3 is 4.57 Å². The molecule has 0 aliphatic heterocycles. The second-order valence-corrected chi connectivity index (χ2v) is 12.0. The van der Waals surface area contributed by atoms with E-state index in [-0.39, 0.29) is 5.41 Å². The number of para-hydroxylation sites is 1. The molecule has 0 amide bonds. The Kier molecular flexibility index (Phi) is 4.71. The minimum Gasteiger partial charge on any atom is -0.309 e. The zero-order valence-electron chi connectivity index (χ0n) is 24.0. The van der Waals surface area contributed by atoms with Crippen molar-refractivity contribution in [1.29, 1.82) is 0 Å². The molecule has 0 saturated heterocycles. The third-order valence-corrected chi connectivity index (χ3v) is 10.0. The van der Waals surface area contributed by atoms with Crippen LogP contribution >= 0.6 is 0 Å². The van der Waals surface area contributed by atoms with E-state index in [1.165, 1.54) is 83.1 Å². The molecule has 2 aliphatic rings. The smallest absolute Gasteiger partial charge is 0.0726 e. The molecule has 0 atom stereocenters. The van der Waals surface area contributed by atoms with Crippen LogP contribution in [-0.2, 0) is 5.41 Å². The van der Waals surface area contributed by atoms with Crippen LogP contribution in [0, 0.1) is 0 Å². The number of rotatable bonds is 2. The summed E-state index contributed by atoms with van der Waals surface area (Å²) in [5, 5.41) is 2.55. The van der Waals surface area contributed by atoms with Crippen molar-refractivity contribution >= 4 is 21.8 Å². The molecule has 0 unspecified atom stereocenters. The lowest BCUT2D eigenvalue weighted by Gasteiger charge is -2.30. The van der Waals surface area contributed by atoms with Crippen LogP contribution in [0.25, 0.3) is 60.9 Å². The van der Waals surface area contributed by atoms with E-state index < -0.39 is 0 Å². The van der Waals surface area contributed by atoms with Gasteiger partial charge in [-0.05, 0) is 74.3 Å². The summed E-state index contributed by atoms with van der Waals surface area (Å²) >= 11 is 0. The SMILES string of the molecule is c1ccc(-c2ccc3c(c2)c2ccccc2n3-c2cccc3c2-c2ccccc2C32c3ccccc3-c3ccccc32)cc1. The zero-order chi connectivity index (χ0) is 28.8. The van der Waals surface area contributed by atoms with Crippen molar-refractivity contribution in [3.63, 3.8) is 0 Å². The van der Waals surface area contributed by atoms with Gasteiger partial charge >= 0.3 is 0 Å². The summed E-state index contributed by atoms with van der Waals surface area (Å²) < 4.78 is 2.50. The molecule has 1 heterocycles. The van der Waals surface area contributed by atoms with Gasteiger partial charge in [-0.2, -0.15) is 0 Å². The summed E-state index contributed by atoms with van der Waals surface area (Å²) in [6.45, 7) is 0. The number of nitrogens with zero attached hydrogens (tertiary/aromatic N) is 1. The third kappa shape index (κ3) is 2.89. The van der Waals surface area contributed by atoms with Crippen molar-refractivity contribution in [2.75, 3.05) is 0 Å². The molecule has 10 rings (SSSR count). The summed E-state index contributed by atoms with van der Waals surface area (Å²) in [6.07, 6.45) is 0. The quantitative estimate of drug-likeness (QED) is 0.199. The van der Waals surface area contributed by atoms with Gasteiger partial charge in [0.2, 0.25) is 0 Å². The number of hydrogen-bond donors (Lipinski definition) is 0. The fourth-order valence-electron chi connectivity index (χ4n) is 8.35.